The number of nitrogens with one attached hydrogen (secondary N) is 1. The van der Waals surface area contributed by atoms with E-state index in [0.29, 0.717) is 11.8 Å². The van der Waals surface area contributed by atoms with Gasteiger partial charge in [-0.25, -0.2) is 4.79 Å². The number of hydrogen-bond donors (Lipinski definition) is 2. The van der Waals surface area contributed by atoms with Crippen molar-refractivity contribution in [1.82, 2.24) is 10.2 Å². The quantitative estimate of drug-likeness (QED) is 0.295. The topological polar surface area (TPSA) is 86.7 Å². The first-order valence-corrected chi connectivity index (χ1v) is 11.9. The molecule has 0 heterocycles. The molecule has 0 aliphatic carbocycles. The number of carbonyl (C=O) groups excluding carboxylic acids is 2. The Bertz CT molecular complexity index is 1130. The molecule has 0 saturated heterocycles. The van der Waals surface area contributed by atoms with E-state index in [4.69, 9.17) is 46.4 Å². The third-order valence-electron chi connectivity index (χ3n) is 5.61. The summed E-state index contributed by atoms with van der Waals surface area (Å²) in [7, 11) is 1.15. The Kier molecular flexibility index (Phi) is 10.3. The van der Waals surface area contributed by atoms with Gasteiger partial charge in [-0.2, -0.15) is 13.2 Å². The molecule has 2 N–H and O–H groups in total. The maximum absolute atomic E-state index is 13.0. The SMILES string of the molecule is CN(C[C@](CCC=O)(c1ccc(Cl)c(Cl)c1)C(NC(=O)O)c1cccc(Cl)c1Cl)C(=O)CC(F)(F)F. The van der Waals surface area contributed by atoms with Crippen molar-refractivity contribution in [2.24, 2.45) is 0 Å². The van der Waals surface area contributed by atoms with Crippen LogP contribution < -0.4 is 5.32 Å². The maximum atomic E-state index is 13.0. The molecular weight excluding hydrogens is 567 g/mol. The second-order valence-electron chi connectivity index (χ2n) is 8.06. The van der Waals surface area contributed by atoms with Gasteiger partial charge in [0.25, 0.3) is 0 Å². The van der Waals surface area contributed by atoms with Gasteiger partial charge in [-0.15, -0.1) is 0 Å². The maximum Gasteiger partial charge on any atom is 0.405 e. The Morgan fingerprint density at radius 2 is 1.75 bits per heavy atom. The van der Waals surface area contributed by atoms with E-state index in [0.717, 1.165) is 11.9 Å². The number of carboxylic acid groups (broad SMARTS) is 1. The number of hydrogen-bond acceptors (Lipinski definition) is 3. The van der Waals surface area contributed by atoms with Crippen LogP contribution in [0.3, 0.4) is 0 Å². The lowest BCUT2D eigenvalue weighted by Gasteiger charge is -2.44. The van der Waals surface area contributed by atoms with Crippen molar-refractivity contribution in [2.45, 2.75) is 36.9 Å². The molecule has 13 heteroatoms. The van der Waals surface area contributed by atoms with Gasteiger partial charge in [-0.3, -0.25) is 4.79 Å². The Hall–Kier alpha value is -2.20. The predicted molar refractivity (Wildman–Crippen MR) is 132 cm³/mol. The molecule has 0 fully saturated rings. The van der Waals surface area contributed by atoms with Crippen molar-refractivity contribution >= 4 is 64.7 Å². The lowest BCUT2D eigenvalue weighted by atomic mass is 9.68. The first kappa shape index (κ1) is 30.0. The van der Waals surface area contributed by atoms with Crippen molar-refractivity contribution in [3.05, 3.63) is 67.6 Å². The molecule has 0 bridgehead atoms. The van der Waals surface area contributed by atoms with Gasteiger partial charge in [0.1, 0.15) is 12.7 Å². The number of aldehydes is 1. The summed E-state index contributed by atoms with van der Waals surface area (Å²) in [6.45, 7) is -0.443. The molecule has 2 atom stereocenters. The zero-order valence-corrected chi connectivity index (χ0v) is 21.7. The Balaban J connectivity index is 2.85. The normalized spacial score (nSPS) is 14.0. The van der Waals surface area contributed by atoms with Crippen LogP contribution in [0.15, 0.2) is 36.4 Å². The van der Waals surface area contributed by atoms with E-state index in [1.807, 2.05) is 0 Å². The molecule has 2 aromatic rings. The number of halogens is 7. The molecule has 0 aliphatic heterocycles. The van der Waals surface area contributed by atoms with Crippen LogP contribution >= 0.6 is 46.4 Å². The standard InChI is InChI=1S/C23H21Cl4F3N2O4/c1-32(18(34)11-23(28,29)30)12-22(8-3-9-33,13-6-7-15(24)17(26)10-13)20(31-21(35)36)14-4-2-5-16(25)19(14)27/h2,4-7,9-10,20,31H,3,8,11-12H2,1H3,(H,35,36)/t20?,22-/m1/s1. The number of carbonyl (C=O) groups is 3. The summed E-state index contributed by atoms with van der Waals surface area (Å²) >= 11 is 24.9. The number of benzene rings is 2. The van der Waals surface area contributed by atoms with Gasteiger partial charge in [-0.05, 0) is 35.7 Å². The molecular formula is C23H21Cl4F3N2O4. The fourth-order valence-electron chi connectivity index (χ4n) is 4.04. The highest BCUT2D eigenvalue weighted by molar-refractivity contribution is 6.42. The molecule has 6 nitrogen and oxygen atoms in total. The third kappa shape index (κ3) is 7.41. The van der Waals surface area contributed by atoms with Crippen molar-refractivity contribution in [1.29, 1.82) is 0 Å². The molecule has 0 radical (unpaired) electrons. The van der Waals surface area contributed by atoms with E-state index in [1.54, 1.807) is 0 Å². The summed E-state index contributed by atoms with van der Waals surface area (Å²) in [5.41, 5.74) is -1.04. The van der Waals surface area contributed by atoms with Crippen LogP contribution in [-0.2, 0) is 15.0 Å². The van der Waals surface area contributed by atoms with Crippen molar-refractivity contribution in [3.8, 4) is 0 Å². The Labute approximate surface area is 225 Å². The van der Waals surface area contributed by atoms with E-state index in [9.17, 15) is 32.7 Å². The van der Waals surface area contributed by atoms with Gasteiger partial charge in [0.15, 0.2) is 0 Å². The molecule has 0 spiro atoms. The summed E-state index contributed by atoms with van der Waals surface area (Å²) in [4.78, 5) is 36.7. The first-order chi connectivity index (χ1) is 16.7. The van der Waals surface area contributed by atoms with E-state index >= 15 is 0 Å². The summed E-state index contributed by atoms with van der Waals surface area (Å²) in [5.74, 6) is -1.26. The van der Waals surface area contributed by atoms with E-state index in [-0.39, 0.29) is 38.5 Å². The lowest BCUT2D eigenvalue weighted by Crippen LogP contribution is -2.51. The molecule has 2 rings (SSSR count). The Morgan fingerprint density at radius 1 is 1.08 bits per heavy atom. The lowest BCUT2D eigenvalue weighted by molar-refractivity contribution is -0.161. The smallest absolute Gasteiger partial charge is 0.405 e. The van der Waals surface area contributed by atoms with Gasteiger partial charge in [0, 0.05) is 25.4 Å². The predicted octanol–water partition coefficient (Wildman–Crippen LogP) is 6.94. The minimum absolute atomic E-state index is 0.0160. The van der Waals surface area contributed by atoms with Crippen LogP contribution in [0.2, 0.25) is 20.1 Å². The summed E-state index contributed by atoms with van der Waals surface area (Å²) in [5, 5.41) is 12.4. The van der Waals surface area contributed by atoms with Gasteiger partial charge in [0.2, 0.25) is 5.91 Å². The third-order valence-corrected chi connectivity index (χ3v) is 7.18. The minimum atomic E-state index is -4.77. The minimum Gasteiger partial charge on any atom is -0.465 e. The van der Waals surface area contributed by atoms with Gasteiger partial charge >= 0.3 is 12.3 Å². The van der Waals surface area contributed by atoms with Crippen LogP contribution in [0, 0.1) is 0 Å². The number of likely N-dealkylation sites (N-methyl/N-ethyl adjacent to an activating group) is 1. The molecule has 0 aliphatic rings. The highest BCUT2D eigenvalue weighted by atomic mass is 35.5. The summed E-state index contributed by atoms with van der Waals surface area (Å²) in [6, 6.07) is 7.51. The molecule has 1 unspecified atom stereocenters. The van der Waals surface area contributed by atoms with Gasteiger partial charge < -0.3 is 20.1 Å². The fraction of sp³-hybridized carbons (Fsp3) is 0.348. The highest BCUT2D eigenvalue weighted by Crippen LogP contribution is 2.46. The monoisotopic (exact) mass is 586 g/mol. The second-order valence-corrected chi connectivity index (χ2v) is 9.66. The Morgan fingerprint density at radius 3 is 2.31 bits per heavy atom. The molecule has 36 heavy (non-hydrogen) atoms. The molecule has 0 saturated carbocycles. The number of rotatable bonds is 10. The average Bonchev–Trinajstić information content (AvgIpc) is 2.77. The van der Waals surface area contributed by atoms with Crippen LogP contribution in [0.1, 0.15) is 36.4 Å². The van der Waals surface area contributed by atoms with Crippen LogP contribution in [0.25, 0.3) is 0 Å². The number of amides is 2. The van der Waals surface area contributed by atoms with Gasteiger partial charge in [-0.1, -0.05) is 64.6 Å². The largest absolute Gasteiger partial charge is 0.465 e. The highest BCUT2D eigenvalue weighted by Gasteiger charge is 2.45. The first-order valence-electron chi connectivity index (χ1n) is 10.3. The molecule has 2 amide bonds. The van der Waals surface area contributed by atoms with Crippen LogP contribution in [0.4, 0.5) is 18.0 Å². The van der Waals surface area contributed by atoms with E-state index in [1.165, 1.54) is 36.4 Å². The summed E-state index contributed by atoms with van der Waals surface area (Å²) < 4.78 is 38.9. The van der Waals surface area contributed by atoms with E-state index < -0.39 is 42.6 Å². The fourth-order valence-corrected chi connectivity index (χ4v) is 4.75. The zero-order valence-electron chi connectivity index (χ0n) is 18.7. The number of nitrogens with zero attached hydrogens (tertiary/aromatic N) is 1. The zero-order chi connectivity index (χ0) is 27.3. The van der Waals surface area contributed by atoms with Crippen molar-refractivity contribution < 1.29 is 32.7 Å². The van der Waals surface area contributed by atoms with Gasteiger partial charge in [0.05, 0.1) is 26.1 Å². The van der Waals surface area contributed by atoms with Crippen LogP contribution in [-0.4, -0.2) is 48.1 Å². The van der Waals surface area contributed by atoms with Crippen molar-refractivity contribution in [3.63, 3.8) is 0 Å². The molecule has 196 valence electrons. The van der Waals surface area contributed by atoms with Crippen LogP contribution in [0.5, 0.6) is 0 Å². The molecule has 0 aromatic heterocycles. The molecule has 2 aromatic carbocycles. The number of alkyl halides is 3. The average molecular weight is 588 g/mol. The van der Waals surface area contributed by atoms with Crippen molar-refractivity contribution in [2.75, 3.05) is 13.6 Å². The second kappa shape index (κ2) is 12.4. The van der Waals surface area contributed by atoms with E-state index in [2.05, 4.69) is 5.32 Å². The summed E-state index contributed by atoms with van der Waals surface area (Å²) in [6.07, 6.45) is -7.67.